The van der Waals surface area contributed by atoms with Crippen LogP contribution in [0.25, 0.3) is 10.9 Å². The number of hydrogen-bond acceptors (Lipinski definition) is 9. The molecule has 0 saturated carbocycles. The number of carbonyl (C=O) groups excluding carboxylic acids is 2. The molecule has 0 aliphatic carbocycles. The fraction of sp³-hybridized carbons (Fsp3) is 0.208. The fourth-order valence-electron chi connectivity index (χ4n) is 3.95. The van der Waals surface area contributed by atoms with Gasteiger partial charge in [-0.1, -0.05) is 18.2 Å². The lowest BCUT2D eigenvalue weighted by atomic mass is 10.1. The van der Waals surface area contributed by atoms with Gasteiger partial charge in [0.15, 0.2) is 0 Å². The van der Waals surface area contributed by atoms with E-state index >= 15 is 0 Å². The number of hydrogen-bond donors (Lipinski definition) is 3. The molecule has 0 bridgehead atoms. The van der Waals surface area contributed by atoms with Gasteiger partial charge >= 0.3 is 0 Å². The van der Waals surface area contributed by atoms with E-state index in [4.69, 9.17) is 4.74 Å². The second-order valence-electron chi connectivity index (χ2n) is 7.91. The minimum Gasteiger partial charge on any atom is -0.495 e. The number of methoxy groups -OCH3 is 1. The van der Waals surface area contributed by atoms with E-state index in [0.717, 1.165) is 21.5 Å². The van der Waals surface area contributed by atoms with Crippen LogP contribution in [0.5, 0.6) is 5.75 Å². The smallest absolute Gasteiger partial charge is 0.272 e. The Balaban J connectivity index is 1.23. The number of nitrogens with zero attached hydrogens (tertiary/aromatic N) is 3. The summed E-state index contributed by atoms with van der Waals surface area (Å²) < 4.78 is 8.90. The molecule has 0 atom stereocenters. The molecule has 2 amide bonds. The zero-order valence-corrected chi connectivity index (χ0v) is 20.6. The van der Waals surface area contributed by atoms with Crippen molar-refractivity contribution in [1.82, 2.24) is 25.0 Å². The van der Waals surface area contributed by atoms with Gasteiger partial charge in [0.05, 0.1) is 23.2 Å². The molecule has 2 aliphatic heterocycles. The number of para-hydroxylation sites is 1. The minimum absolute atomic E-state index is 0.0643. The summed E-state index contributed by atoms with van der Waals surface area (Å²) in [6.07, 6.45) is 1.78. The van der Waals surface area contributed by atoms with E-state index in [0.29, 0.717) is 43.2 Å². The number of fused-ring (bicyclic) bond motifs is 1. The molecule has 3 N–H and O–H groups in total. The van der Waals surface area contributed by atoms with Crippen LogP contribution < -0.4 is 19.7 Å². The van der Waals surface area contributed by atoms with E-state index in [-0.39, 0.29) is 11.8 Å². The Bertz CT molecular complexity index is 1290. The highest BCUT2D eigenvalue weighted by Gasteiger charge is 2.27. The summed E-state index contributed by atoms with van der Waals surface area (Å²) in [6.45, 7) is 1.93. The number of amides is 2. The van der Waals surface area contributed by atoms with Crippen LogP contribution in [-0.4, -0.2) is 59.9 Å². The largest absolute Gasteiger partial charge is 0.495 e. The second-order valence-corrected chi connectivity index (χ2v) is 9.43. The molecule has 3 aromatic rings. The van der Waals surface area contributed by atoms with E-state index in [2.05, 4.69) is 20.0 Å². The molecule has 35 heavy (non-hydrogen) atoms. The summed E-state index contributed by atoms with van der Waals surface area (Å²) in [6, 6.07) is 15.4. The quantitative estimate of drug-likeness (QED) is 0.434. The normalized spacial score (nSPS) is 15.5. The SMILES string of the molecule is COc1cc(C(=O)N2CCN(C(=O)C3=CSNN3)CC2)ccc1NSc1cccc2cccnc12. The molecule has 2 aromatic carbocycles. The highest BCUT2D eigenvalue weighted by atomic mass is 32.2. The van der Waals surface area contributed by atoms with Crippen molar-refractivity contribution in [3.8, 4) is 5.75 Å². The first-order valence-electron chi connectivity index (χ1n) is 11.0. The van der Waals surface area contributed by atoms with Gasteiger partial charge in [0, 0.05) is 48.7 Å². The van der Waals surface area contributed by atoms with Crippen LogP contribution in [-0.2, 0) is 4.79 Å². The highest BCUT2D eigenvalue weighted by Crippen LogP contribution is 2.33. The van der Waals surface area contributed by atoms with Gasteiger partial charge in [0.2, 0.25) is 0 Å². The number of carbonyl (C=O) groups is 2. The lowest BCUT2D eigenvalue weighted by Crippen LogP contribution is -2.51. The van der Waals surface area contributed by atoms with Crippen LogP contribution in [0.2, 0.25) is 0 Å². The third kappa shape index (κ3) is 5.02. The van der Waals surface area contributed by atoms with Gasteiger partial charge in [0.25, 0.3) is 11.8 Å². The third-order valence-electron chi connectivity index (χ3n) is 5.82. The Hall–Kier alpha value is -3.41. The van der Waals surface area contributed by atoms with Crippen LogP contribution in [0, 0.1) is 0 Å². The summed E-state index contributed by atoms with van der Waals surface area (Å²) in [5.41, 5.74) is 5.60. The second kappa shape index (κ2) is 10.5. The third-order valence-corrected chi connectivity index (χ3v) is 7.27. The van der Waals surface area contributed by atoms with Gasteiger partial charge in [-0.05, 0) is 54.2 Å². The maximum Gasteiger partial charge on any atom is 0.272 e. The molecule has 1 aromatic heterocycles. The summed E-state index contributed by atoms with van der Waals surface area (Å²) in [5, 5.41) is 2.82. The number of rotatable bonds is 6. The molecule has 3 heterocycles. The number of aromatic nitrogens is 1. The first-order valence-corrected chi connectivity index (χ1v) is 12.7. The van der Waals surface area contributed by atoms with Crippen molar-refractivity contribution in [2.75, 3.05) is 38.0 Å². The number of anilines is 1. The molecular formula is C24H24N6O3S2. The Labute approximate surface area is 211 Å². The van der Waals surface area contributed by atoms with Crippen molar-refractivity contribution in [2.24, 2.45) is 0 Å². The van der Waals surface area contributed by atoms with Crippen molar-refractivity contribution in [1.29, 1.82) is 0 Å². The van der Waals surface area contributed by atoms with E-state index < -0.39 is 0 Å². The van der Waals surface area contributed by atoms with Gasteiger partial charge in [-0.3, -0.25) is 14.6 Å². The summed E-state index contributed by atoms with van der Waals surface area (Å²) >= 11 is 2.77. The molecule has 1 fully saturated rings. The first kappa shape index (κ1) is 23.3. The number of hydrazine groups is 1. The number of pyridine rings is 1. The average molecular weight is 509 g/mol. The van der Waals surface area contributed by atoms with E-state index in [1.54, 1.807) is 40.6 Å². The lowest BCUT2D eigenvalue weighted by Gasteiger charge is -2.35. The Kier molecular flexibility index (Phi) is 6.98. The predicted molar refractivity (Wildman–Crippen MR) is 139 cm³/mol. The minimum atomic E-state index is -0.0803. The number of ether oxygens (including phenoxy) is 1. The van der Waals surface area contributed by atoms with Crippen LogP contribution >= 0.6 is 23.9 Å². The summed E-state index contributed by atoms with van der Waals surface area (Å²) in [5.74, 6) is 0.434. The molecule has 9 nitrogen and oxygen atoms in total. The average Bonchev–Trinajstić information content (AvgIpc) is 3.46. The fourth-order valence-corrected chi connectivity index (χ4v) is 5.26. The Morgan fingerprint density at radius 1 is 1.06 bits per heavy atom. The molecule has 2 aliphatic rings. The maximum absolute atomic E-state index is 13.1. The Morgan fingerprint density at radius 3 is 2.57 bits per heavy atom. The zero-order chi connectivity index (χ0) is 24.2. The topological polar surface area (TPSA) is 98.8 Å². The van der Waals surface area contributed by atoms with Crippen LogP contribution in [0.1, 0.15) is 10.4 Å². The molecule has 0 unspecified atom stereocenters. The van der Waals surface area contributed by atoms with E-state index in [1.807, 2.05) is 36.4 Å². The predicted octanol–water partition coefficient (Wildman–Crippen LogP) is 3.24. The number of benzene rings is 2. The van der Waals surface area contributed by atoms with Crippen LogP contribution in [0.4, 0.5) is 5.69 Å². The summed E-state index contributed by atoms with van der Waals surface area (Å²) in [7, 11) is 1.59. The van der Waals surface area contributed by atoms with Crippen molar-refractivity contribution < 1.29 is 14.3 Å². The lowest BCUT2D eigenvalue weighted by molar-refractivity contribution is -0.129. The molecule has 0 radical (unpaired) electrons. The molecular weight excluding hydrogens is 484 g/mol. The van der Waals surface area contributed by atoms with Crippen LogP contribution in [0.3, 0.4) is 0 Å². The molecule has 5 rings (SSSR count). The van der Waals surface area contributed by atoms with Crippen molar-refractivity contribution >= 4 is 52.3 Å². The van der Waals surface area contributed by atoms with Crippen molar-refractivity contribution in [3.05, 3.63) is 71.4 Å². The number of piperazine rings is 1. The molecule has 180 valence electrons. The van der Waals surface area contributed by atoms with Crippen LogP contribution in [0.15, 0.2) is 70.7 Å². The molecule has 11 heteroatoms. The maximum atomic E-state index is 13.1. The molecule has 1 saturated heterocycles. The highest BCUT2D eigenvalue weighted by molar-refractivity contribution is 8.00. The van der Waals surface area contributed by atoms with Gasteiger partial charge in [0.1, 0.15) is 11.4 Å². The molecule has 0 spiro atoms. The van der Waals surface area contributed by atoms with Gasteiger partial charge < -0.3 is 24.7 Å². The van der Waals surface area contributed by atoms with Gasteiger partial charge in [-0.15, -0.1) is 0 Å². The zero-order valence-electron chi connectivity index (χ0n) is 19.0. The monoisotopic (exact) mass is 508 g/mol. The van der Waals surface area contributed by atoms with Gasteiger partial charge in [-0.2, -0.15) is 4.83 Å². The van der Waals surface area contributed by atoms with Crippen molar-refractivity contribution in [3.63, 3.8) is 0 Å². The standard InChI is InChI=1S/C24H24N6O3S2/c1-33-20-14-17(23(31)29-10-12-30(13-11-29)24(32)19-15-34-28-26-19)7-8-18(20)27-35-21-6-2-4-16-5-3-9-25-22(16)21/h2-9,14-15,26-28H,10-13H2,1H3. The van der Waals surface area contributed by atoms with E-state index in [9.17, 15) is 9.59 Å². The van der Waals surface area contributed by atoms with E-state index in [1.165, 1.54) is 23.9 Å². The van der Waals surface area contributed by atoms with Gasteiger partial charge in [-0.25, -0.2) is 0 Å². The van der Waals surface area contributed by atoms with Crippen molar-refractivity contribution in [2.45, 2.75) is 4.90 Å². The Morgan fingerprint density at radius 2 is 1.83 bits per heavy atom. The number of nitrogens with one attached hydrogen (secondary N) is 3. The first-order chi connectivity index (χ1) is 17.1. The summed E-state index contributed by atoms with van der Waals surface area (Å²) in [4.78, 5) is 37.5.